The van der Waals surface area contributed by atoms with E-state index in [0.29, 0.717) is 23.1 Å². The van der Waals surface area contributed by atoms with E-state index in [-0.39, 0.29) is 31.2 Å². The number of nitrogens with zero attached hydrogens (tertiary/aromatic N) is 3. The molecule has 5 aromatic carbocycles. The Bertz CT molecular complexity index is 2500. The van der Waals surface area contributed by atoms with Gasteiger partial charge in [-0.1, -0.05) is 129 Å². The number of pyridine rings is 1. The van der Waals surface area contributed by atoms with Gasteiger partial charge in [0.1, 0.15) is 0 Å². The molecule has 0 aliphatic carbocycles. The number of rotatable bonds is 5. The van der Waals surface area contributed by atoms with Crippen LogP contribution in [0.15, 0.2) is 115 Å². The summed E-state index contributed by atoms with van der Waals surface area (Å²) in [5, 5.41) is 7.36. The summed E-state index contributed by atoms with van der Waals surface area (Å²) >= 11 is 1.68. The Kier molecular flexibility index (Phi) is 8.17. The molecule has 3 nitrogen and oxygen atoms in total. The van der Waals surface area contributed by atoms with Crippen LogP contribution in [0.2, 0.25) is 0 Å². The van der Waals surface area contributed by atoms with Gasteiger partial charge in [-0.15, -0.1) is 40.8 Å². The van der Waals surface area contributed by atoms with Crippen LogP contribution in [0.25, 0.3) is 60.2 Å². The SMILES string of the molecule is CC(C)c1cccc(C(C)C)c1-n1c(-c2[c-]sc3cc4ccccc4cc23)nc2ccccc21.[2H]C([2H])([2H])c1c[c-]c(-c2ccc(C([2H])([2H])[2H])cn2)cc1.[Ir]. The van der Waals surface area contributed by atoms with Gasteiger partial charge in [0.05, 0.1) is 16.9 Å². The molecular weight excluding hydrogens is 795 g/mol. The molecule has 247 valence electrons. The molecule has 0 N–H and O–H groups in total. The maximum absolute atomic E-state index is 7.28. The van der Waals surface area contributed by atoms with E-state index in [1.807, 2.05) is 0 Å². The number of hydrogen-bond acceptors (Lipinski definition) is 3. The summed E-state index contributed by atoms with van der Waals surface area (Å²) < 4.78 is 47.3. The van der Waals surface area contributed by atoms with Crippen LogP contribution in [0.1, 0.15) is 70.0 Å². The first kappa shape index (κ1) is 27.4. The molecule has 5 heteroatoms. The summed E-state index contributed by atoms with van der Waals surface area (Å²) in [5.41, 5.74) is 8.74. The molecule has 1 radical (unpaired) electrons. The third-order valence-electron chi connectivity index (χ3n) is 8.58. The number of hydrogen-bond donors (Lipinski definition) is 0. The van der Waals surface area contributed by atoms with Crippen molar-refractivity contribution in [2.24, 2.45) is 0 Å². The number of thiophene rings is 1. The van der Waals surface area contributed by atoms with E-state index in [4.69, 9.17) is 13.2 Å². The fourth-order valence-corrected chi connectivity index (χ4v) is 7.02. The topological polar surface area (TPSA) is 30.7 Å². The molecule has 0 fully saturated rings. The van der Waals surface area contributed by atoms with E-state index in [2.05, 4.69) is 128 Å². The molecule has 8 rings (SSSR count). The summed E-state index contributed by atoms with van der Waals surface area (Å²) in [6.45, 7) is 4.77. The maximum atomic E-state index is 7.28. The minimum atomic E-state index is -2.18. The Morgan fingerprint density at radius 2 is 1.45 bits per heavy atom. The van der Waals surface area contributed by atoms with Gasteiger partial charge in [-0.3, -0.25) is 16.3 Å². The molecule has 0 unspecified atom stereocenters. The van der Waals surface area contributed by atoms with Crippen LogP contribution < -0.4 is 0 Å². The summed E-state index contributed by atoms with van der Waals surface area (Å²) in [6, 6.07) is 38.8. The van der Waals surface area contributed by atoms with Crippen LogP contribution in [0.5, 0.6) is 0 Å². The average Bonchev–Trinajstić information content (AvgIpc) is 3.74. The molecule has 3 heterocycles. The van der Waals surface area contributed by atoms with Gasteiger partial charge in [0.25, 0.3) is 0 Å². The fraction of sp³-hybridized carbons (Fsp3) is 0.182. The van der Waals surface area contributed by atoms with Crippen molar-refractivity contribution in [3.8, 4) is 28.3 Å². The third kappa shape index (κ3) is 6.89. The molecular formula is C44H39IrN3S-2. The van der Waals surface area contributed by atoms with Gasteiger partial charge < -0.3 is 9.55 Å². The molecule has 0 saturated carbocycles. The summed E-state index contributed by atoms with van der Waals surface area (Å²) in [6.07, 6.45) is 1.30. The standard InChI is InChI=1S/C31H27N2S.C13H12N.Ir/c1-19(2)23-12-9-13-24(20(3)4)30(23)33-28-15-8-7-14-27(28)32-31(33)26-18-34-29-17-22-11-6-5-10-21(22)16-25(26)29;1-10-3-6-12(7-4-10)13-8-5-11(2)9-14-13;/h5-17,19-20H,1-4H3;3-6,8-9H,1-2H3;/q2*-1;/i;1D3,2D3;. The van der Waals surface area contributed by atoms with Gasteiger partial charge in [-0.25, -0.2) is 0 Å². The van der Waals surface area contributed by atoms with E-state index >= 15 is 0 Å². The second-order valence-corrected chi connectivity index (χ2v) is 13.4. The van der Waals surface area contributed by atoms with Gasteiger partial charge >= 0.3 is 0 Å². The van der Waals surface area contributed by atoms with Gasteiger partial charge in [-0.05, 0) is 64.0 Å². The number of para-hydroxylation sites is 3. The molecule has 0 amide bonds. The molecule has 0 aliphatic heterocycles. The molecule has 0 aliphatic rings. The zero-order valence-electron chi connectivity index (χ0n) is 33.7. The Balaban J connectivity index is 0.000000211. The van der Waals surface area contributed by atoms with Crippen LogP contribution in [0.4, 0.5) is 0 Å². The molecule has 3 aromatic heterocycles. The van der Waals surface area contributed by atoms with Crippen LogP contribution in [0, 0.1) is 25.2 Å². The second-order valence-electron chi connectivity index (χ2n) is 12.6. The summed E-state index contributed by atoms with van der Waals surface area (Å²) in [5.74, 6) is 1.77. The molecule has 8 aromatic rings. The smallest absolute Gasteiger partial charge is 0.0774 e. The first-order chi connectivity index (χ1) is 25.7. The quantitative estimate of drug-likeness (QED) is 0.162. The summed E-state index contributed by atoms with van der Waals surface area (Å²) in [7, 11) is 0. The minimum absolute atomic E-state index is 0. The van der Waals surface area contributed by atoms with E-state index in [9.17, 15) is 0 Å². The third-order valence-corrected chi connectivity index (χ3v) is 9.45. The van der Waals surface area contributed by atoms with Gasteiger partial charge in [0, 0.05) is 40.2 Å². The average molecular weight is 840 g/mol. The zero-order chi connectivity index (χ0) is 38.4. The van der Waals surface area contributed by atoms with Crippen molar-refractivity contribution in [2.75, 3.05) is 0 Å². The van der Waals surface area contributed by atoms with E-state index < -0.39 is 13.7 Å². The number of benzene rings is 5. The number of imidazole rings is 1. The Hall–Kier alpha value is -4.41. The first-order valence-corrected chi connectivity index (χ1v) is 17.0. The van der Waals surface area contributed by atoms with Crippen molar-refractivity contribution in [1.29, 1.82) is 0 Å². The van der Waals surface area contributed by atoms with Crippen molar-refractivity contribution in [2.45, 2.75) is 53.2 Å². The normalized spacial score (nSPS) is 13.6. The van der Waals surface area contributed by atoms with E-state index in [1.54, 1.807) is 23.5 Å². The van der Waals surface area contributed by atoms with Crippen molar-refractivity contribution < 1.29 is 28.3 Å². The summed E-state index contributed by atoms with van der Waals surface area (Å²) in [4.78, 5) is 9.28. The molecule has 49 heavy (non-hydrogen) atoms. The monoisotopic (exact) mass is 840 g/mol. The molecule has 0 saturated heterocycles. The predicted octanol–water partition coefficient (Wildman–Crippen LogP) is 12.3. The number of aromatic nitrogens is 3. The van der Waals surface area contributed by atoms with Crippen molar-refractivity contribution in [3.63, 3.8) is 0 Å². The van der Waals surface area contributed by atoms with E-state index in [1.165, 1.54) is 62.1 Å². The van der Waals surface area contributed by atoms with Crippen molar-refractivity contribution >= 4 is 43.2 Å². The van der Waals surface area contributed by atoms with Gasteiger partial charge in [0.15, 0.2) is 0 Å². The van der Waals surface area contributed by atoms with Crippen LogP contribution in [-0.4, -0.2) is 14.5 Å². The van der Waals surface area contributed by atoms with Crippen LogP contribution >= 0.6 is 11.3 Å². The molecule has 0 atom stereocenters. The largest absolute Gasteiger partial charge is 0.333 e. The molecule has 0 spiro atoms. The van der Waals surface area contributed by atoms with Gasteiger partial charge in [-0.2, -0.15) is 0 Å². The fourth-order valence-electron chi connectivity index (χ4n) is 6.15. The second kappa shape index (κ2) is 14.6. The Morgan fingerprint density at radius 1 is 0.755 bits per heavy atom. The Labute approximate surface area is 315 Å². The van der Waals surface area contributed by atoms with Gasteiger partial charge in [0.2, 0.25) is 0 Å². The van der Waals surface area contributed by atoms with Crippen LogP contribution in [-0.2, 0) is 20.1 Å². The van der Waals surface area contributed by atoms with E-state index in [0.717, 1.165) is 22.4 Å². The zero-order valence-corrected chi connectivity index (χ0v) is 30.9. The molecule has 0 bridgehead atoms. The predicted molar refractivity (Wildman–Crippen MR) is 204 cm³/mol. The van der Waals surface area contributed by atoms with Crippen LogP contribution in [0.3, 0.4) is 0 Å². The van der Waals surface area contributed by atoms with Crippen molar-refractivity contribution in [3.05, 3.63) is 149 Å². The van der Waals surface area contributed by atoms with Crippen molar-refractivity contribution in [1.82, 2.24) is 14.5 Å². The number of fused-ring (bicyclic) bond motifs is 3. The minimum Gasteiger partial charge on any atom is -0.333 e. The Morgan fingerprint density at radius 3 is 2.10 bits per heavy atom. The number of aryl methyl sites for hydroxylation is 2. The first-order valence-electron chi connectivity index (χ1n) is 19.1. The maximum Gasteiger partial charge on any atom is 0.0774 e.